The third-order valence-electron chi connectivity index (χ3n) is 4.69. The molecular weight excluding hydrogens is 519 g/mol. The molecule has 3 N–H and O–H groups in total. The Morgan fingerprint density at radius 1 is 1.11 bits per heavy atom. The van der Waals surface area contributed by atoms with Gasteiger partial charge < -0.3 is 14.9 Å². The summed E-state index contributed by atoms with van der Waals surface area (Å²) in [4.78, 5) is 15.1. The van der Waals surface area contributed by atoms with E-state index in [0.29, 0.717) is 11.1 Å². The van der Waals surface area contributed by atoms with Crippen molar-refractivity contribution in [2.24, 2.45) is 0 Å². The van der Waals surface area contributed by atoms with Crippen molar-refractivity contribution < 1.29 is 32.6 Å². The van der Waals surface area contributed by atoms with E-state index in [-0.39, 0.29) is 43.3 Å². The molecule has 0 bridgehead atoms. The number of fused-ring (bicyclic) bond motifs is 1. The van der Waals surface area contributed by atoms with Crippen molar-refractivity contribution in [3.63, 3.8) is 0 Å². The number of benzene rings is 3. The van der Waals surface area contributed by atoms with Gasteiger partial charge in [0, 0.05) is 17.6 Å². The lowest BCUT2D eigenvalue weighted by Gasteiger charge is -2.14. The van der Waals surface area contributed by atoms with Crippen molar-refractivity contribution in [1.82, 2.24) is 4.98 Å². The summed E-state index contributed by atoms with van der Waals surface area (Å²) in [6, 6.07) is 13.9. The number of phenols is 1. The molecule has 0 unspecified atom stereocenters. The smallest absolute Gasteiger partial charge is 0.313 e. The predicted molar refractivity (Wildman–Crippen MR) is 131 cm³/mol. The van der Waals surface area contributed by atoms with E-state index >= 15 is 0 Å². The average Bonchev–Trinajstić information content (AvgIpc) is 2.82. The Morgan fingerprint density at radius 3 is 2.51 bits per heavy atom. The minimum absolute atomic E-state index is 0.0770. The third-order valence-corrected chi connectivity index (χ3v) is 7.37. The zero-order valence-corrected chi connectivity index (χ0v) is 20.0. The molecule has 0 aliphatic heterocycles. The van der Waals surface area contributed by atoms with Gasteiger partial charge in [-0.3, -0.25) is 14.5 Å². The zero-order valence-electron chi connectivity index (χ0n) is 17.6. The van der Waals surface area contributed by atoms with Gasteiger partial charge >= 0.3 is 5.97 Å². The molecule has 1 aromatic heterocycles. The molecule has 0 spiro atoms. The number of phenolic OH excluding ortho intramolecular Hbond substituents is 1. The number of rotatable bonds is 8. The van der Waals surface area contributed by atoms with Crippen LogP contribution in [0.1, 0.15) is 0 Å². The van der Waals surface area contributed by atoms with E-state index < -0.39 is 21.8 Å². The number of aromatic hydroxyl groups is 1. The number of halogens is 2. The van der Waals surface area contributed by atoms with Gasteiger partial charge in [0.25, 0.3) is 10.0 Å². The maximum atomic E-state index is 13.3. The molecule has 4 aromatic rings. The molecule has 0 aliphatic rings. The highest BCUT2D eigenvalue weighted by Crippen LogP contribution is 2.39. The number of aliphatic carboxylic acids is 1. The normalized spacial score (nSPS) is 11.4. The van der Waals surface area contributed by atoms with Crippen LogP contribution in [0.2, 0.25) is 5.02 Å². The number of thioether (sulfide) groups is 1. The molecule has 1 heterocycles. The SMILES string of the molecule is O=C(O)CSc1cc(NS(=O)(=O)c2ccc(Oc3ccc(F)c(Cl)c3)cc2)c2cccnc2c1O. The summed E-state index contributed by atoms with van der Waals surface area (Å²) >= 11 is 6.58. The number of hydrogen-bond donors (Lipinski definition) is 3. The number of carboxylic acids is 1. The van der Waals surface area contributed by atoms with Crippen molar-refractivity contribution in [3.8, 4) is 17.2 Å². The summed E-state index contributed by atoms with van der Waals surface area (Å²) in [7, 11) is -4.08. The molecule has 0 saturated heterocycles. The van der Waals surface area contributed by atoms with Gasteiger partial charge in [-0.2, -0.15) is 0 Å². The first kappa shape index (κ1) is 24.6. The van der Waals surface area contributed by atoms with E-state index in [1.807, 2.05) is 0 Å². The number of aromatic nitrogens is 1. The number of sulfonamides is 1. The second-order valence-corrected chi connectivity index (χ2v) is 10.2. The molecule has 0 aliphatic carbocycles. The summed E-state index contributed by atoms with van der Waals surface area (Å²) in [5.41, 5.74) is 0.252. The van der Waals surface area contributed by atoms with Crippen LogP contribution in [-0.4, -0.2) is 35.3 Å². The number of nitrogens with zero attached hydrogens (tertiary/aromatic N) is 1. The average molecular weight is 535 g/mol. The van der Waals surface area contributed by atoms with E-state index in [4.69, 9.17) is 21.4 Å². The molecule has 8 nitrogen and oxygen atoms in total. The quantitative estimate of drug-likeness (QED) is 0.200. The number of hydrogen-bond acceptors (Lipinski definition) is 7. The van der Waals surface area contributed by atoms with Gasteiger partial charge in [0.05, 0.1) is 26.3 Å². The van der Waals surface area contributed by atoms with Crippen molar-refractivity contribution in [2.45, 2.75) is 9.79 Å². The van der Waals surface area contributed by atoms with Crippen LogP contribution in [0.25, 0.3) is 10.9 Å². The summed E-state index contributed by atoms with van der Waals surface area (Å²) in [5.74, 6) is -1.68. The van der Waals surface area contributed by atoms with E-state index in [1.54, 1.807) is 12.1 Å². The fourth-order valence-electron chi connectivity index (χ4n) is 3.11. The fourth-order valence-corrected chi connectivity index (χ4v) is 5.06. The molecule has 0 radical (unpaired) electrons. The Bertz CT molecular complexity index is 1530. The molecule has 0 fully saturated rings. The summed E-state index contributed by atoms with van der Waals surface area (Å²) < 4.78 is 47.5. The van der Waals surface area contributed by atoms with Crippen LogP contribution in [0.3, 0.4) is 0 Å². The first-order valence-corrected chi connectivity index (χ1v) is 12.7. The van der Waals surface area contributed by atoms with Gasteiger partial charge in [-0.15, -0.1) is 11.8 Å². The van der Waals surface area contributed by atoms with Crippen molar-refractivity contribution in [3.05, 3.63) is 77.7 Å². The zero-order chi connectivity index (χ0) is 25.2. The van der Waals surface area contributed by atoms with Crippen molar-refractivity contribution >= 4 is 55.9 Å². The maximum absolute atomic E-state index is 13.3. The Balaban J connectivity index is 1.62. The lowest BCUT2D eigenvalue weighted by atomic mass is 10.1. The van der Waals surface area contributed by atoms with Gasteiger partial charge in [0.1, 0.15) is 22.8 Å². The second kappa shape index (κ2) is 9.98. The van der Waals surface area contributed by atoms with Crippen LogP contribution in [0, 0.1) is 5.82 Å². The largest absolute Gasteiger partial charge is 0.505 e. The minimum Gasteiger partial charge on any atom is -0.505 e. The highest BCUT2D eigenvalue weighted by atomic mass is 35.5. The maximum Gasteiger partial charge on any atom is 0.313 e. The van der Waals surface area contributed by atoms with Gasteiger partial charge in [0.2, 0.25) is 0 Å². The van der Waals surface area contributed by atoms with Crippen molar-refractivity contribution in [2.75, 3.05) is 10.5 Å². The molecule has 0 amide bonds. The molecule has 3 aromatic carbocycles. The number of carbonyl (C=O) groups is 1. The topological polar surface area (TPSA) is 126 Å². The number of nitrogens with one attached hydrogen (secondary N) is 1. The number of ether oxygens (including phenoxy) is 1. The minimum atomic E-state index is -4.08. The molecule has 180 valence electrons. The lowest BCUT2D eigenvalue weighted by Crippen LogP contribution is -2.13. The van der Waals surface area contributed by atoms with Gasteiger partial charge in [0.15, 0.2) is 5.75 Å². The van der Waals surface area contributed by atoms with Crippen molar-refractivity contribution in [1.29, 1.82) is 0 Å². The third kappa shape index (κ3) is 5.59. The Labute approximate surface area is 208 Å². The Morgan fingerprint density at radius 2 is 1.83 bits per heavy atom. The number of anilines is 1. The van der Waals surface area contributed by atoms with Crippen LogP contribution in [-0.2, 0) is 14.8 Å². The standard InChI is InChI=1S/C23H16ClFN2O6S2/c24-17-10-14(5-8-18(17)25)33-13-3-6-15(7-4-13)35(31,32)27-19-11-20(34-12-21(28)29)23(30)22-16(19)2-1-9-26-22/h1-11,27,30H,12H2,(H,28,29). The first-order valence-electron chi connectivity index (χ1n) is 9.85. The highest BCUT2D eigenvalue weighted by molar-refractivity contribution is 8.00. The van der Waals surface area contributed by atoms with E-state index in [1.165, 1.54) is 48.7 Å². The Kier molecular flexibility index (Phi) is 7.01. The monoisotopic (exact) mass is 534 g/mol. The second-order valence-electron chi connectivity index (χ2n) is 7.11. The summed E-state index contributed by atoms with van der Waals surface area (Å²) in [6.07, 6.45) is 1.43. The molecule has 0 saturated carbocycles. The van der Waals surface area contributed by atoms with Gasteiger partial charge in [-0.1, -0.05) is 11.6 Å². The van der Waals surface area contributed by atoms with Crippen LogP contribution < -0.4 is 9.46 Å². The Hall–Kier alpha value is -3.54. The van der Waals surface area contributed by atoms with Crippen LogP contribution in [0.5, 0.6) is 17.2 Å². The van der Waals surface area contributed by atoms with Crippen LogP contribution in [0.15, 0.2) is 76.7 Å². The molecule has 12 heteroatoms. The fraction of sp³-hybridized carbons (Fsp3) is 0.0435. The molecule has 4 rings (SSSR count). The summed E-state index contributed by atoms with van der Waals surface area (Å²) in [5, 5.41) is 19.7. The molecular formula is C23H16ClFN2O6S2. The van der Waals surface area contributed by atoms with Gasteiger partial charge in [-0.25, -0.2) is 12.8 Å². The van der Waals surface area contributed by atoms with E-state index in [2.05, 4.69) is 9.71 Å². The first-order chi connectivity index (χ1) is 16.6. The molecule has 0 atom stereocenters. The van der Waals surface area contributed by atoms with Gasteiger partial charge in [-0.05, 0) is 54.6 Å². The number of pyridine rings is 1. The van der Waals surface area contributed by atoms with E-state index in [9.17, 15) is 22.7 Å². The van der Waals surface area contributed by atoms with Crippen LogP contribution in [0.4, 0.5) is 10.1 Å². The summed E-state index contributed by atoms with van der Waals surface area (Å²) in [6.45, 7) is 0. The van der Waals surface area contributed by atoms with E-state index in [0.717, 1.165) is 17.8 Å². The number of carboxylic acid groups (broad SMARTS) is 1. The lowest BCUT2D eigenvalue weighted by molar-refractivity contribution is -0.133. The highest BCUT2D eigenvalue weighted by Gasteiger charge is 2.20. The van der Waals surface area contributed by atoms with Crippen LogP contribution >= 0.6 is 23.4 Å². The molecule has 35 heavy (non-hydrogen) atoms. The predicted octanol–water partition coefficient (Wildman–Crippen LogP) is 5.50.